The Kier molecular flexibility index (Phi) is 13.4. The molecule has 2 aliphatic rings. The first-order valence-electron chi connectivity index (χ1n) is 18.2. The molecule has 3 aromatic carbocycles. The van der Waals surface area contributed by atoms with E-state index in [1.165, 1.54) is 11.1 Å². The maximum atomic E-state index is 13.3. The lowest BCUT2D eigenvalue weighted by Crippen LogP contribution is -2.46. The number of allylic oxidation sites excluding steroid dienone is 4. The van der Waals surface area contributed by atoms with Crippen molar-refractivity contribution in [1.82, 2.24) is 3.53 Å². The average molecular weight is 823 g/mol. The molecule has 2 aliphatic carbocycles. The molecule has 0 saturated carbocycles. The Morgan fingerprint density at radius 3 is 2.33 bits per heavy atom. The van der Waals surface area contributed by atoms with Crippen LogP contribution in [0.15, 0.2) is 107 Å². The van der Waals surface area contributed by atoms with E-state index in [0.717, 1.165) is 36.8 Å². The van der Waals surface area contributed by atoms with Crippen LogP contribution in [0.4, 0.5) is 0 Å². The molecule has 0 aromatic heterocycles. The van der Waals surface area contributed by atoms with Gasteiger partial charge in [0.1, 0.15) is 11.4 Å². The molecule has 3 aromatic rings. The van der Waals surface area contributed by atoms with Crippen LogP contribution in [0.3, 0.4) is 0 Å². The summed E-state index contributed by atoms with van der Waals surface area (Å²) in [5, 5.41) is 23.6. The molecule has 0 radical (unpaired) electrons. The van der Waals surface area contributed by atoms with Crippen LogP contribution in [0.1, 0.15) is 108 Å². The Morgan fingerprint density at radius 1 is 1.04 bits per heavy atom. The van der Waals surface area contributed by atoms with Gasteiger partial charge in [-0.1, -0.05) is 137 Å². The summed E-state index contributed by atoms with van der Waals surface area (Å²) >= 11 is 9.03. The van der Waals surface area contributed by atoms with Crippen molar-refractivity contribution in [3.63, 3.8) is 0 Å². The Hall–Kier alpha value is -2.82. The average Bonchev–Trinajstić information content (AvgIpc) is 3.55. The number of nitrogens with zero attached hydrogens (tertiary/aromatic N) is 1. The van der Waals surface area contributed by atoms with Gasteiger partial charge in [-0.3, -0.25) is 13.3 Å². The highest BCUT2D eigenvalue weighted by atomic mass is 127. The summed E-state index contributed by atoms with van der Waals surface area (Å²) in [4.78, 5) is 18.2. The van der Waals surface area contributed by atoms with Gasteiger partial charge in [0.2, 0.25) is 0 Å². The SMILES string of the molecule is CCCC1=CCC[C@H]1c1ccc(C(OC(O)C(CN=C(CC(C)C)C2=C(O)CC(C)(C)CC2=O)NI)(c2ccccc2)c2ccccc2Cl)cc1. The number of nitrogens with one attached hydrogen (secondary N) is 1. The van der Waals surface area contributed by atoms with Crippen LogP contribution in [0.5, 0.6) is 0 Å². The first-order chi connectivity index (χ1) is 24.4. The molecule has 8 heteroatoms. The second-order valence-electron chi connectivity index (χ2n) is 15.2. The fourth-order valence-electron chi connectivity index (χ4n) is 7.65. The molecule has 3 N–H and O–H groups in total. The van der Waals surface area contributed by atoms with Crippen molar-refractivity contribution in [3.05, 3.63) is 129 Å². The zero-order chi connectivity index (χ0) is 36.8. The predicted octanol–water partition coefficient (Wildman–Crippen LogP) is 10.6. The molecule has 51 heavy (non-hydrogen) atoms. The lowest BCUT2D eigenvalue weighted by molar-refractivity contribution is -0.169. The van der Waals surface area contributed by atoms with Crippen molar-refractivity contribution < 1.29 is 19.7 Å². The molecule has 4 atom stereocenters. The number of hydrogen-bond acceptors (Lipinski definition) is 6. The molecule has 0 saturated heterocycles. The second kappa shape index (κ2) is 17.3. The van der Waals surface area contributed by atoms with Crippen molar-refractivity contribution in [1.29, 1.82) is 0 Å². The summed E-state index contributed by atoms with van der Waals surface area (Å²) in [5.41, 5.74) is 4.43. The zero-order valence-electron chi connectivity index (χ0n) is 30.5. The fourth-order valence-corrected chi connectivity index (χ4v) is 8.43. The number of rotatable bonds is 15. The minimum absolute atomic E-state index is 0.0894. The number of ether oxygens (including phenoxy) is 1. The molecule has 0 amide bonds. The van der Waals surface area contributed by atoms with E-state index in [9.17, 15) is 15.0 Å². The number of halogens is 2. The van der Waals surface area contributed by atoms with Gasteiger partial charge in [-0.2, -0.15) is 0 Å². The number of hydrogen-bond donors (Lipinski definition) is 3. The number of benzene rings is 3. The molecule has 272 valence electrons. The zero-order valence-corrected chi connectivity index (χ0v) is 33.4. The van der Waals surface area contributed by atoms with Gasteiger partial charge in [0.15, 0.2) is 12.1 Å². The quantitative estimate of drug-likeness (QED) is 0.0355. The third-order valence-corrected chi connectivity index (χ3v) is 11.1. The van der Waals surface area contributed by atoms with E-state index in [-0.39, 0.29) is 29.4 Å². The monoisotopic (exact) mass is 822 g/mol. The van der Waals surface area contributed by atoms with Crippen molar-refractivity contribution in [2.45, 2.75) is 103 Å². The van der Waals surface area contributed by atoms with E-state index >= 15 is 0 Å². The highest BCUT2D eigenvalue weighted by Gasteiger charge is 2.43. The summed E-state index contributed by atoms with van der Waals surface area (Å²) in [6.07, 6.45) is 6.75. The van der Waals surface area contributed by atoms with Crippen LogP contribution in [0.25, 0.3) is 0 Å². The van der Waals surface area contributed by atoms with Crippen LogP contribution in [0, 0.1) is 11.3 Å². The van der Waals surface area contributed by atoms with Gasteiger partial charge in [-0.25, -0.2) is 0 Å². The number of aliphatic hydroxyl groups excluding tert-OH is 2. The summed E-state index contributed by atoms with van der Waals surface area (Å²) in [6, 6.07) is 25.4. The Labute approximate surface area is 323 Å². The Morgan fingerprint density at radius 2 is 1.71 bits per heavy atom. The van der Waals surface area contributed by atoms with Crippen molar-refractivity contribution in [2.75, 3.05) is 6.54 Å². The third-order valence-electron chi connectivity index (χ3n) is 10.0. The predicted molar refractivity (Wildman–Crippen MR) is 217 cm³/mol. The number of aliphatic hydroxyl groups is 2. The van der Waals surface area contributed by atoms with Crippen LogP contribution >= 0.6 is 34.5 Å². The second-order valence-corrected chi connectivity index (χ2v) is 16.2. The minimum Gasteiger partial charge on any atom is -0.511 e. The molecule has 0 spiro atoms. The van der Waals surface area contributed by atoms with Gasteiger partial charge in [0.05, 0.1) is 18.2 Å². The van der Waals surface area contributed by atoms with E-state index in [1.807, 2.05) is 91.3 Å². The van der Waals surface area contributed by atoms with Crippen LogP contribution in [0.2, 0.25) is 5.02 Å². The minimum atomic E-state index is -1.36. The van der Waals surface area contributed by atoms with Gasteiger partial charge < -0.3 is 14.9 Å². The van der Waals surface area contributed by atoms with E-state index < -0.39 is 17.9 Å². The first kappa shape index (κ1) is 39.4. The maximum Gasteiger partial charge on any atom is 0.174 e. The molecular formula is C43H52ClIN2O4. The summed E-state index contributed by atoms with van der Waals surface area (Å²) < 4.78 is 10.2. The van der Waals surface area contributed by atoms with Gasteiger partial charge in [0.25, 0.3) is 0 Å². The van der Waals surface area contributed by atoms with E-state index in [0.29, 0.717) is 47.1 Å². The number of ketones is 1. The number of Topliss-reactive ketones (excluding diaryl/α,β-unsaturated/α-hetero) is 1. The highest BCUT2D eigenvalue weighted by molar-refractivity contribution is 14.1. The van der Waals surface area contributed by atoms with E-state index in [4.69, 9.17) is 21.3 Å². The summed E-state index contributed by atoms with van der Waals surface area (Å²) in [5.74, 6) is 0.593. The van der Waals surface area contributed by atoms with Gasteiger partial charge in [0, 0.05) is 57.9 Å². The van der Waals surface area contributed by atoms with Crippen LogP contribution in [-0.4, -0.2) is 40.6 Å². The lowest BCUT2D eigenvalue weighted by Gasteiger charge is -2.39. The smallest absolute Gasteiger partial charge is 0.174 e. The van der Waals surface area contributed by atoms with Gasteiger partial charge >= 0.3 is 0 Å². The maximum absolute atomic E-state index is 13.3. The third kappa shape index (κ3) is 9.05. The molecule has 0 fully saturated rings. The number of aliphatic imine (C=N–C) groups is 1. The highest BCUT2D eigenvalue weighted by Crippen LogP contribution is 2.46. The van der Waals surface area contributed by atoms with Crippen LogP contribution in [-0.2, 0) is 15.1 Å². The largest absolute Gasteiger partial charge is 0.511 e. The van der Waals surface area contributed by atoms with Gasteiger partial charge in [-0.05, 0) is 59.8 Å². The fraction of sp³-hybridized carbons (Fsp3) is 0.442. The molecule has 0 bridgehead atoms. The number of carbonyl (C=O) groups is 1. The summed E-state index contributed by atoms with van der Waals surface area (Å²) in [7, 11) is 0. The van der Waals surface area contributed by atoms with Crippen molar-refractivity contribution in [2.24, 2.45) is 16.3 Å². The first-order valence-corrected chi connectivity index (χ1v) is 19.7. The van der Waals surface area contributed by atoms with Gasteiger partial charge in [-0.15, -0.1) is 0 Å². The summed E-state index contributed by atoms with van der Waals surface area (Å²) in [6.45, 7) is 10.4. The molecule has 6 nitrogen and oxygen atoms in total. The molecule has 0 aliphatic heterocycles. The van der Waals surface area contributed by atoms with Crippen molar-refractivity contribution in [3.8, 4) is 0 Å². The topological polar surface area (TPSA) is 91.2 Å². The molecular weight excluding hydrogens is 771 g/mol. The van der Waals surface area contributed by atoms with Crippen molar-refractivity contribution >= 4 is 46.0 Å². The standard InChI is InChI=1S/C43H52ClIN2O4/c1-6-13-29-14-12-17-33(29)30-20-22-32(23-21-30)43(31-15-8-7-9-16-31,34-18-10-11-19-35(34)44)51-41(50)37(47-45)27-46-36(24-28(2)3)40-38(48)25-42(4,5)26-39(40)49/h7-11,14-16,18-23,28,33,37,41,47-48,50H,6,12-13,17,24-27H2,1-5H3/t33-,37?,41?,43?/m1/s1. The van der Waals surface area contributed by atoms with E-state index in [2.05, 4.69) is 54.6 Å². The molecule has 5 rings (SSSR count). The number of carbonyl (C=O) groups excluding carboxylic acids is 1. The Balaban J connectivity index is 1.56. The molecule has 3 unspecified atom stereocenters. The lowest BCUT2D eigenvalue weighted by atomic mass is 9.75. The normalized spacial score (nSPS) is 20.3. The van der Waals surface area contributed by atoms with E-state index in [1.54, 1.807) is 0 Å². The van der Waals surface area contributed by atoms with Crippen LogP contribution < -0.4 is 3.53 Å². The molecule has 0 heterocycles. The Bertz CT molecular complexity index is 1750.